The van der Waals surface area contributed by atoms with Crippen LogP contribution in [0.5, 0.6) is 11.5 Å². The molecule has 4 nitrogen and oxygen atoms in total. The second kappa shape index (κ2) is 7.14. The van der Waals surface area contributed by atoms with Crippen LogP contribution in [0.25, 0.3) is 0 Å². The largest absolute Gasteiger partial charge is 0.497 e. The Morgan fingerprint density at radius 1 is 1.29 bits per heavy atom. The van der Waals surface area contributed by atoms with Gasteiger partial charge >= 0.3 is 0 Å². The molecule has 0 aliphatic heterocycles. The van der Waals surface area contributed by atoms with Crippen LogP contribution in [0, 0.1) is 0 Å². The van der Waals surface area contributed by atoms with Gasteiger partial charge in [-0.1, -0.05) is 6.07 Å². The Hall–Kier alpha value is -1.26. The van der Waals surface area contributed by atoms with E-state index < -0.39 is 0 Å². The molecule has 1 unspecified atom stereocenters. The fourth-order valence-electron chi connectivity index (χ4n) is 1.63. The molecule has 0 saturated carbocycles. The van der Waals surface area contributed by atoms with Crippen molar-refractivity contribution in [3.63, 3.8) is 0 Å². The molecule has 0 heterocycles. The number of rotatable bonds is 7. The predicted octanol–water partition coefficient (Wildman–Crippen LogP) is 1.53. The van der Waals surface area contributed by atoms with Gasteiger partial charge in [-0.25, -0.2) is 0 Å². The molecule has 4 heteroatoms. The minimum atomic E-state index is 0.409. The standard InChI is InChI=1S/C13H22N2O2/c1-10(6-7-14)15-9-11-4-5-12(16-2)8-13(11)17-3/h4-5,8,10,15H,6-7,9,14H2,1-3H3. The summed E-state index contributed by atoms with van der Waals surface area (Å²) in [5.41, 5.74) is 6.63. The normalized spacial score (nSPS) is 12.2. The Morgan fingerprint density at radius 2 is 2.06 bits per heavy atom. The van der Waals surface area contributed by atoms with E-state index in [-0.39, 0.29) is 0 Å². The highest BCUT2D eigenvalue weighted by Crippen LogP contribution is 2.24. The van der Waals surface area contributed by atoms with Crippen molar-refractivity contribution in [1.82, 2.24) is 5.32 Å². The van der Waals surface area contributed by atoms with Crippen molar-refractivity contribution >= 4 is 0 Å². The van der Waals surface area contributed by atoms with Crippen molar-refractivity contribution in [2.45, 2.75) is 25.9 Å². The van der Waals surface area contributed by atoms with Crippen LogP contribution in [-0.4, -0.2) is 26.8 Å². The van der Waals surface area contributed by atoms with Crippen molar-refractivity contribution in [3.8, 4) is 11.5 Å². The van der Waals surface area contributed by atoms with Crippen LogP contribution in [0.3, 0.4) is 0 Å². The average molecular weight is 238 g/mol. The quantitative estimate of drug-likeness (QED) is 0.756. The summed E-state index contributed by atoms with van der Waals surface area (Å²) in [4.78, 5) is 0. The van der Waals surface area contributed by atoms with E-state index in [9.17, 15) is 0 Å². The average Bonchev–Trinajstić information content (AvgIpc) is 2.36. The molecule has 96 valence electrons. The lowest BCUT2D eigenvalue weighted by Gasteiger charge is -2.15. The Morgan fingerprint density at radius 3 is 2.65 bits per heavy atom. The Bertz CT molecular complexity index is 342. The maximum atomic E-state index is 5.51. The fourth-order valence-corrected chi connectivity index (χ4v) is 1.63. The topological polar surface area (TPSA) is 56.5 Å². The molecule has 0 aliphatic rings. The van der Waals surface area contributed by atoms with Crippen molar-refractivity contribution in [2.24, 2.45) is 5.73 Å². The van der Waals surface area contributed by atoms with Crippen LogP contribution in [0.1, 0.15) is 18.9 Å². The van der Waals surface area contributed by atoms with E-state index in [2.05, 4.69) is 12.2 Å². The van der Waals surface area contributed by atoms with Gasteiger partial charge in [0.25, 0.3) is 0 Å². The van der Waals surface area contributed by atoms with Crippen LogP contribution in [-0.2, 0) is 6.54 Å². The zero-order valence-electron chi connectivity index (χ0n) is 10.8. The highest BCUT2D eigenvalue weighted by molar-refractivity contribution is 5.40. The van der Waals surface area contributed by atoms with Gasteiger partial charge in [0.15, 0.2) is 0 Å². The number of methoxy groups -OCH3 is 2. The second-order valence-corrected chi connectivity index (χ2v) is 4.04. The zero-order valence-corrected chi connectivity index (χ0v) is 10.8. The number of hydrogen-bond donors (Lipinski definition) is 2. The van der Waals surface area contributed by atoms with Gasteiger partial charge in [0.1, 0.15) is 11.5 Å². The maximum absolute atomic E-state index is 5.51. The van der Waals surface area contributed by atoms with Crippen molar-refractivity contribution in [2.75, 3.05) is 20.8 Å². The number of hydrogen-bond acceptors (Lipinski definition) is 4. The summed E-state index contributed by atoms with van der Waals surface area (Å²) >= 11 is 0. The summed E-state index contributed by atoms with van der Waals surface area (Å²) < 4.78 is 10.5. The number of nitrogens with one attached hydrogen (secondary N) is 1. The minimum absolute atomic E-state index is 0.409. The Labute approximate surface area is 103 Å². The summed E-state index contributed by atoms with van der Waals surface area (Å²) in [6.07, 6.45) is 0.971. The van der Waals surface area contributed by atoms with Crippen LogP contribution < -0.4 is 20.5 Å². The predicted molar refractivity (Wildman–Crippen MR) is 69.5 cm³/mol. The zero-order chi connectivity index (χ0) is 12.7. The van der Waals surface area contributed by atoms with E-state index in [1.165, 1.54) is 0 Å². The molecule has 0 fully saturated rings. The molecule has 17 heavy (non-hydrogen) atoms. The molecule has 1 aromatic rings. The van der Waals surface area contributed by atoms with Gasteiger partial charge in [0.05, 0.1) is 14.2 Å². The minimum Gasteiger partial charge on any atom is -0.497 e. The van der Waals surface area contributed by atoms with Gasteiger partial charge in [-0.3, -0.25) is 0 Å². The van der Waals surface area contributed by atoms with Gasteiger partial charge in [0.2, 0.25) is 0 Å². The monoisotopic (exact) mass is 238 g/mol. The summed E-state index contributed by atoms with van der Waals surface area (Å²) in [5.74, 6) is 1.65. The molecule has 0 aromatic heterocycles. The molecule has 0 spiro atoms. The van der Waals surface area contributed by atoms with Gasteiger partial charge in [-0.2, -0.15) is 0 Å². The second-order valence-electron chi connectivity index (χ2n) is 4.04. The van der Waals surface area contributed by atoms with Crippen LogP contribution in [0.15, 0.2) is 18.2 Å². The third kappa shape index (κ3) is 4.24. The van der Waals surface area contributed by atoms with Crippen molar-refractivity contribution in [3.05, 3.63) is 23.8 Å². The van der Waals surface area contributed by atoms with Crippen LogP contribution >= 0.6 is 0 Å². The fraction of sp³-hybridized carbons (Fsp3) is 0.538. The van der Waals surface area contributed by atoms with Gasteiger partial charge < -0.3 is 20.5 Å². The smallest absolute Gasteiger partial charge is 0.127 e. The molecule has 0 radical (unpaired) electrons. The highest BCUT2D eigenvalue weighted by atomic mass is 16.5. The lowest BCUT2D eigenvalue weighted by atomic mass is 10.1. The SMILES string of the molecule is COc1ccc(CNC(C)CCN)c(OC)c1. The number of nitrogens with two attached hydrogens (primary N) is 1. The summed E-state index contributed by atoms with van der Waals surface area (Å²) in [5, 5.41) is 3.41. The molecule has 0 saturated heterocycles. The van der Waals surface area contributed by atoms with Crippen molar-refractivity contribution < 1.29 is 9.47 Å². The third-order valence-corrected chi connectivity index (χ3v) is 2.73. The molecule has 0 amide bonds. The maximum Gasteiger partial charge on any atom is 0.127 e. The molecule has 0 bridgehead atoms. The lowest BCUT2D eigenvalue weighted by Crippen LogP contribution is -2.27. The lowest BCUT2D eigenvalue weighted by molar-refractivity contribution is 0.388. The first-order valence-electron chi connectivity index (χ1n) is 5.85. The van der Waals surface area contributed by atoms with E-state index in [4.69, 9.17) is 15.2 Å². The van der Waals surface area contributed by atoms with E-state index in [1.807, 2.05) is 18.2 Å². The molecule has 0 aliphatic carbocycles. The highest BCUT2D eigenvalue weighted by Gasteiger charge is 2.06. The van der Waals surface area contributed by atoms with Gasteiger partial charge in [0, 0.05) is 24.2 Å². The number of ether oxygens (including phenoxy) is 2. The van der Waals surface area contributed by atoms with Crippen LogP contribution in [0.2, 0.25) is 0 Å². The van der Waals surface area contributed by atoms with Crippen LogP contribution in [0.4, 0.5) is 0 Å². The first-order chi connectivity index (χ1) is 8.21. The molecular formula is C13H22N2O2. The molecule has 1 aromatic carbocycles. The first-order valence-corrected chi connectivity index (χ1v) is 5.85. The molecule has 1 rings (SSSR count). The molecule has 1 atom stereocenters. The third-order valence-electron chi connectivity index (χ3n) is 2.73. The first kappa shape index (κ1) is 13.8. The summed E-state index contributed by atoms with van der Waals surface area (Å²) in [6, 6.07) is 6.25. The Balaban J connectivity index is 2.63. The van der Waals surface area contributed by atoms with Gasteiger partial charge in [-0.05, 0) is 26.0 Å². The van der Waals surface area contributed by atoms with Gasteiger partial charge in [-0.15, -0.1) is 0 Å². The summed E-state index contributed by atoms with van der Waals surface area (Å²) in [6.45, 7) is 3.60. The van der Waals surface area contributed by atoms with E-state index in [0.717, 1.165) is 30.0 Å². The van der Waals surface area contributed by atoms with E-state index in [0.29, 0.717) is 12.6 Å². The van der Waals surface area contributed by atoms with Crippen molar-refractivity contribution in [1.29, 1.82) is 0 Å². The summed E-state index contributed by atoms with van der Waals surface area (Å²) in [7, 11) is 3.32. The Kier molecular flexibility index (Phi) is 5.80. The molecule has 3 N–H and O–H groups in total. The molecular weight excluding hydrogens is 216 g/mol. The van der Waals surface area contributed by atoms with E-state index >= 15 is 0 Å². The van der Waals surface area contributed by atoms with E-state index in [1.54, 1.807) is 14.2 Å². The number of benzene rings is 1.